The maximum atomic E-state index is 13.2. The van der Waals surface area contributed by atoms with Gasteiger partial charge in [-0.2, -0.15) is 0 Å². The summed E-state index contributed by atoms with van der Waals surface area (Å²) < 4.78 is 43.0. The van der Waals surface area contributed by atoms with Crippen LogP contribution in [0.4, 0.5) is 13.2 Å². The number of rotatable bonds is 3. The highest BCUT2D eigenvalue weighted by Crippen LogP contribution is 2.21. The second-order valence-electron chi connectivity index (χ2n) is 3.17. The van der Waals surface area contributed by atoms with Crippen molar-refractivity contribution in [3.63, 3.8) is 0 Å². The molecule has 0 heterocycles. The molecule has 0 unspecified atom stereocenters. The first-order chi connectivity index (χ1) is 7.45. The van der Waals surface area contributed by atoms with E-state index < -0.39 is 29.5 Å². The lowest BCUT2D eigenvalue weighted by atomic mass is 10.0. The molecule has 0 aliphatic heterocycles. The molecule has 6 heteroatoms. The van der Waals surface area contributed by atoms with Crippen molar-refractivity contribution in [3.8, 4) is 0 Å². The van der Waals surface area contributed by atoms with Crippen molar-refractivity contribution in [2.24, 2.45) is 5.73 Å². The fraction of sp³-hybridized carbons (Fsp3) is 0.300. The molecule has 0 amide bonds. The normalized spacial score (nSPS) is 12.3. The lowest BCUT2D eigenvalue weighted by Crippen LogP contribution is -2.18. The minimum absolute atomic E-state index is 0.260. The Kier molecular flexibility index (Phi) is 3.89. The standard InChI is InChI=1S/C10H10F3NO2/c1-16-10(15)4-9(14)5-2-7(12)8(13)3-6(5)11/h2-3,9H,4,14H2,1H3/t9-/m0/s1. The third-order valence-electron chi connectivity index (χ3n) is 2.05. The topological polar surface area (TPSA) is 52.3 Å². The predicted molar refractivity (Wildman–Crippen MR) is 49.9 cm³/mol. The molecule has 0 saturated carbocycles. The molecular formula is C10H10F3NO2. The third-order valence-corrected chi connectivity index (χ3v) is 2.05. The molecule has 16 heavy (non-hydrogen) atoms. The van der Waals surface area contributed by atoms with Crippen molar-refractivity contribution in [3.05, 3.63) is 35.1 Å². The predicted octanol–water partition coefficient (Wildman–Crippen LogP) is 1.67. The molecule has 0 aliphatic rings. The molecule has 88 valence electrons. The van der Waals surface area contributed by atoms with E-state index in [9.17, 15) is 18.0 Å². The summed E-state index contributed by atoms with van der Waals surface area (Å²) in [5.41, 5.74) is 5.20. The molecule has 0 aliphatic carbocycles. The zero-order chi connectivity index (χ0) is 12.3. The number of benzene rings is 1. The van der Waals surface area contributed by atoms with Crippen LogP contribution < -0.4 is 5.73 Å². The van der Waals surface area contributed by atoms with E-state index in [4.69, 9.17) is 5.73 Å². The average molecular weight is 233 g/mol. The molecule has 1 aromatic carbocycles. The zero-order valence-electron chi connectivity index (χ0n) is 8.47. The summed E-state index contributed by atoms with van der Waals surface area (Å²) in [7, 11) is 1.15. The lowest BCUT2D eigenvalue weighted by Gasteiger charge is -2.11. The molecule has 1 rings (SSSR count). The monoisotopic (exact) mass is 233 g/mol. The lowest BCUT2D eigenvalue weighted by molar-refractivity contribution is -0.141. The molecule has 0 aromatic heterocycles. The van der Waals surface area contributed by atoms with Crippen LogP contribution in [0, 0.1) is 17.5 Å². The Labute approximate surface area is 90.0 Å². The smallest absolute Gasteiger partial charge is 0.307 e. The number of methoxy groups -OCH3 is 1. The van der Waals surface area contributed by atoms with E-state index in [2.05, 4.69) is 4.74 Å². The van der Waals surface area contributed by atoms with Crippen LogP contribution in [0.1, 0.15) is 18.0 Å². The Hall–Kier alpha value is -1.56. The maximum Gasteiger partial charge on any atom is 0.307 e. The first kappa shape index (κ1) is 12.5. The van der Waals surface area contributed by atoms with Crippen LogP contribution in [0.3, 0.4) is 0 Å². The molecule has 0 fully saturated rings. The molecule has 0 spiro atoms. The van der Waals surface area contributed by atoms with E-state index in [-0.39, 0.29) is 12.0 Å². The van der Waals surface area contributed by atoms with Gasteiger partial charge in [0.15, 0.2) is 11.6 Å². The molecule has 3 nitrogen and oxygen atoms in total. The average Bonchev–Trinajstić information content (AvgIpc) is 2.23. The number of halogens is 3. The minimum Gasteiger partial charge on any atom is -0.469 e. The fourth-order valence-electron chi connectivity index (χ4n) is 1.19. The van der Waals surface area contributed by atoms with Crippen LogP contribution in [0.25, 0.3) is 0 Å². The van der Waals surface area contributed by atoms with Gasteiger partial charge in [-0.15, -0.1) is 0 Å². The van der Waals surface area contributed by atoms with Crippen molar-refractivity contribution >= 4 is 5.97 Å². The second-order valence-corrected chi connectivity index (χ2v) is 3.17. The molecule has 0 saturated heterocycles. The van der Waals surface area contributed by atoms with Crippen LogP contribution >= 0.6 is 0 Å². The largest absolute Gasteiger partial charge is 0.469 e. The summed E-state index contributed by atoms with van der Waals surface area (Å²) in [5.74, 6) is -4.16. The molecule has 0 radical (unpaired) electrons. The van der Waals surface area contributed by atoms with Crippen molar-refractivity contribution in [2.75, 3.05) is 7.11 Å². The number of carbonyl (C=O) groups excluding carboxylic acids is 1. The van der Waals surface area contributed by atoms with Crippen LogP contribution in [0.2, 0.25) is 0 Å². The summed E-state index contributed by atoms with van der Waals surface area (Å²) >= 11 is 0. The van der Waals surface area contributed by atoms with Gasteiger partial charge in [0.05, 0.1) is 13.5 Å². The molecular weight excluding hydrogens is 223 g/mol. The van der Waals surface area contributed by atoms with Gasteiger partial charge in [0.1, 0.15) is 5.82 Å². The Morgan fingerprint density at radius 2 is 1.88 bits per heavy atom. The van der Waals surface area contributed by atoms with E-state index >= 15 is 0 Å². The Morgan fingerprint density at radius 3 is 2.44 bits per heavy atom. The molecule has 0 bridgehead atoms. The highest BCUT2D eigenvalue weighted by molar-refractivity contribution is 5.70. The van der Waals surface area contributed by atoms with Gasteiger partial charge in [0.2, 0.25) is 0 Å². The van der Waals surface area contributed by atoms with E-state index in [0.29, 0.717) is 12.1 Å². The number of ether oxygens (including phenoxy) is 1. The molecule has 1 atom stereocenters. The molecule has 2 N–H and O–H groups in total. The second kappa shape index (κ2) is 4.98. The summed E-state index contributed by atoms with van der Waals surface area (Å²) in [5, 5.41) is 0. The zero-order valence-corrected chi connectivity index (χ0v) is 8.47. The van der Waals surface area contributed by atoms with E-state index in [1.165, 1.54) is 0 Å². The Morgan fingerprint density at radius 1 is 1.31 bits per heavy atom. The van der Waals surface area contributed by atoms with Crippen molar-refractivity contribution in [1.29, 1.82) is 0 Å². The number of esters is 1. The number of hydrogen-bond acceptors (Lipinski definition) is 3. The van der Waals surface area contributed by atoms with Crippen molar-refractivity contribution in [2.45, 2.75) is 12.5 Å². The quantitative estimate of drug-likeness (QED) is 0.638. The number of hydrogen-bond donors (Lipinski definition) is 1. The van der Waals surface area contributed by atoms with Gasteiger partial charge < -0.3 is 10.5 Å². The van der Waals surface area contributed by atoms with Crippen LogP contribution in [-0.2, 0) is 9.53 Å². The van der Waals surface area contributed by atoms with E-state index in [0.717, 1.165) is 7.11 Å². The summed E-state index contributed by atoms with van der Waals surface area (Å²) in [6, 6.07) is -0.0392. The van der Waals surface area contributed by atoms with Gasteiger partial charge in [-0.05, 0) is 6.07 Å². The van der Waals surface area contributed by atoms with Gasteiger partial charge >= 0.3 is 5.97 Å². The minimum atomic E-state index is -1.30. The Balaban J connectivity index is 2.95. The van der Waals surface area contributed by atoms with Crippen molar-refractivity contribution < 1.29 is 22.7 Å². The highest BCUT2D eigenvalue weighted by atomic mass is 19.2. The first-order valence-electron chi connectivity index (χ1n) is 4.42. The third kappa shape index (κ3) is 2.73. The van der Waals surface area contributed by atoms with Gasteiger partial charge in [-0.25, -0.2) is 13.2 Å². The maximum absolute atomic E-state index is 13.2. The summed E-state index contributed by atoms with van der Waals surface area (Å²) in [6.07, 6.45) is -0.307. The first-order valence-corrected chi connectivity index (χ1v) is 4.42. The summed E-state index contributed by atoms with van der Waals surface area (Å²) in [4.78, 5) is 10.9. The van der Waals surface area contributed by atoms with Gasteiger partial charge in [-0.3, -0.25) is 4.79 Å². The van der Waals surface area contributed by atoms with E-state index in [1.807, 2.05) is 0 Å². The van der Waals surface area contributed by atoms with Crippen LogP contribution in [0.5, 0.6) is 0 Å². The van der Waals surface area contributed by atoms with Gasteiger partial charge in [-0.1, -0.05) is 0 Å². The van der Waals surface area contributed by atoms with Gasteiger partial charge in [0, 0.05) is 17.7 Å². The van der Waals surface area contributed by atoms with Crippen molar-refractivity contribution in [1.82, 2.24) is 0 Å². The highest BCUT2D eigenvalue weighted by Gasteiger charge is 2.18. The van der Waals surface area contributed by atoms with Gasteiger partial charge in [0.25, 0.3) is 0 Å². The molecule has 1 aromatic rings. The Bertz CT molecular complexity index is 409. The number of nitrogens with two attached hydrogens (primary N) is 1. The fourth-order valence-corrected chi connectivity index (χ4v) is 1.19. The summed E-state index contributed by atoms with van der Waals surface area (Å²) in [6.45, 7) is 0. The van der Waals surface area contributed by atoms with Crippen LogP contribution in [0.15, 0.2) is 12.1 Å². The SMILES string of the molecule is COC(=O)C[C@H](N)c1cc(F)c(F)cc1F. The number of carbonyl (C=O) groups is 1. The van der Waals surface area contributed by atoms with Crippen LogP contribution in [-0.4, -0.2) is 13.1 Å². The van der Waals surface area contributed by atoms with E-state index in [1.54, 1.807) is 0 Å².